The largest absolute Gasteiger partial charge is 0.393 e. The second-order valence-electron chi connectivity index (χ2n) is 4.84. The van der Waals surface area contributed by atoms with Gasteiger partial charge >= 0.3 is 0 Å². The van der Waals surface area contributed by atoms with Crippen molar-refractivity contribution in [3.63, 3.8) is 0 Å². The first kappa shape index (κ1) is 12.8. The Morgan fingerprint density at radius 3 is 3.06 bits per heavy atom. The summed E-state index contributed by atoms with van der Waals surface area (Å²) in [5.74, 6) is 0.0980. The number of aliphatic hydroxyl groups excluding tert-OH is 1. The number of aliphatic hydroxyl groups is 1. The number of carbonyl (C=O) groups is 1. The molecule has 1 fully saturated rings. The molecular weight excluding hydrogens is 232 g/mol. The Kier molecular flexibility index (Phi) is 4.15. The molecule has 2 rings (SSSR count). The maximum absolute atomic E-state index is 11.8. The number of hydrogen-bond donors (Lipinski definition) is 3. The van der Waals surface area contributed by atoms with Crippen LogP contribution >= 0.6 is 0 Å². The van der Waals surface area contributed by atoms with Crippen molar-refractivity contribution in [1.29, 1.82) is 0 Å². The molecule has 0 saturated heterocycles. The second-order valence-corrected chi connectivity index (χ2v) is 4.84. The minimum atomic E-state index is -0.282. The van der Waals surface area contributed by atoms with Crippen LogP contribution in [-0.2, 0) is 0 Å². The number of pyridine rings is 1. The molecule has 2 unspecified atom stereocenters. The fourth-order valence-electron chi connectivity index (χ4n) is 2.37. The van der Waals surface area contributed by atoms with Crippen LogP contribution in [0.4, 0.5) is 0 Å². The van der Waals surface area contributed by atoms with E-state index in [0.29, 0.717) is 18.0 Å². The molecule has 18 heavy (non-hydrogen) atoms. The number of amides is 1. The Morgan fingerprint density at radius 2 is 2.33 bits per heavy atom. The van der Waals surface area contributed by atoms with Gasteiger partial charge in [0.05, 0.1) is 6.10 Å². The summed E-state index contributed by atoms with van der Waals surface area (Å²) in [4.78, 5) is 25.3. The Morgan fingerprint density at radius 1 is 1.50 bits per heavy atom. The van der Waals surface area contributed by atoms with Gasteiger partial charge in [0.15, 0.2) is 0 Å². The predicted molar refractivity (Wildman–Crippen MR) is 67.4 cm³/mol. The molecule has 0 bridgehead atoms. The highest BCUT2D eigenvalue weighted by atomic mass is 16.3. The molecule has 0 radical (unpaired) electrons. The van der Waals surface area contributed by atoms with Gasteiger partial charge in [0.1, 0.15) is 0 Å². The molecule has 98 valence electrons. The van der Waals surface area contributed by atoms with Gasteiger partial charge in [-0.05, 0) is 31.2 Å². The van der Waals surface area contributed by atoms with Crippen molar-refractivity contribution < 1.29 is 9.90 Å². The number of aromatic amines is 1. The van der Waals surface area contributed by atoms with Crippen LogP contribution in [-0.4, -0.2) is 28.6 Å². The summed E-state index contributed by atoms with van der Waals surface area (Å²) in [6.07, 6.45) is 4.87. The Hall–Kier alpha value is -1.62. The van der Waals surface area contributed by atoms with Crippen molar-refractivity contribution in [3.05, 3.63) is 34.2 Å². The highest BCUT2D eigenvalue weighted by Gasteiger charge is 2.20. The van der Waals surface area contributed by atoms with Crippen molar-refractivity contribution in [3.8, 4) is 0 Å². The molecule has 1 aliphatic rings. The lowest BCUT2D eigenvalue weighted by Gasteiger charge is -2.25. The highest BCUT2D eigenvalue weighted by molar-refractivity contribution is 5.93. The lowest BCUT2D eigenvalue weighted by atomic mass is 9.87. The van der Waals surface area contributed by atoms with Gasteiger partial charge in [-0.1, -0.05) is 6.42 Å². The van der Waals surface area contributed by atoms with Crippen molar-refractivity contribution in [2.45, 2.75) is 31.8 Å². The van der Waals surface area contributed by atoms with Gasteiger partial charge in [0.2, 0.25) is 5.56 Å². The highest BCUT2D eigenvalue weighted by Crippen LogP contribution is 2.23. The van der Waals surface area contributed by atoms with Crippen molar-refractivity contribution in [1.82, 2.24) is 10.3 Å². The van der Waals surface area contributed by atoms with Crippen LogP contribution in [0.25, 0.3) is 0 Å². The zero-order valence-electron chi connectivity index (χ0n) is 10.2. The molecular formula is C13H18N2O3. The number of H-pyrrole nitrogens is 1. The van der Waals surface area contributed by atoms with Gasteiger partial charge in [-0.3, -0.25) is 9.59 Å². The summed E-state index contributed by atoms with van der Waals surface area (Å²) in [6.45, 7) is 0.558. The molecule has 0 aliphatic heterocycles. The summed E-state index contributed by atoms with van der Waals surface area (Å²) in [5, 5.41) is 12.4. The van der Waals surface area contributed by atoms with Crippen molar-refractivity contribution in [2.75, 3.05) is 6.54 Å². The lowest BCUT2D eigenvalue weighted by molar-refractivity contribution is 0.0873. The summed E-state index contributed by atoms with van der Waals surface area (Å²) < 4.78 is 0. The van der Waals surface area contributed by atoms with Crippen LogP contribution in [0, 0.1) is 5.92 Å². The maximum Gasteiger partial charge on any atom is 0.251 e. The van der Waals surface area contributed by atoms with Crippen LogP contribution in [0.15, 0.2) is 23.1 Å². The summed E-state index contributed by atoms with van der Waals surface area (Å²) in [6, 6.07) is 2.86. The van der Waals surface area contributed by atoms with Crippen LogP contribution in [0.5, 0.6) is 0 Å². The molecule has 1 amide bonds. The van der Waals surface area contributed by atoms with E-state index in [1.165, 1.54) is 12.3 Å². The summed E-state index contributed by atoms with van der Waals surface area (Å²) in [7, 11) is 0. The molecule has 2 atom stereocenters. The van der Waals surface area contributed by atoms with E-state index in [9.17, 15) is 14.7 Å². The fourth-order valence-corrected chi connectivity index (χ4v) is 2.37. The van der Waals surface area contributed by atoms with E-state index in [1.807, 2.05) is 0 Å². The number of aromatic nitrogens is 1. The van der Waals surface area contributed by atoms with E-state index < -0.39 is 0 Å². The maximum atomic E-state index is 11.8. The Labute approximate surface area is 105 Å². The third kappa shape index (κ3) is 3.43. The molecule has 1 aromatic heterocycles. The molecule has 1 aromatic rings. The molecule has 5 heteroatoms. The zero-order chi connectivity index (χ0) is 13.0. The first-order valence-electron chi connectivity index (χ1n) is 6.30. The lowest BCUT2D eigenvalue weighted by Crippen LogP contribution is -2.33. The zero-order valence-corrected chi connectivity index (χ0v) is 10.2. The normalized spacial score (nSPS) is 23.6. The van der Waals surface area contributed by atoms with Crippen LogP contribution in [0.3, 0.4) is 0 Å². The van der Waals surface area contributed by atoms with E-state index >= 15 is 0 Å². The van der Waals surface area contributed by atoms with E-state index in [2.05, 4.69) is 10.3 Å². The molecule has 5 nitrogen and oxygen atoms in total. The predicted octanol–water partition coefficient (Wildman–Crippen LogP) is 0.656. The van der Waals surface area contributed by atoms with E-state index in [0.717, 1.165) is 25.7 Å². The van der Waals surface area contributed by atoms with Crippen LogP contribution < -0.4 is 10.9 Å². The van der Waals surface area contributed by atoms with Gasteiger partial charge in [0.25, 0.3) is 5.91 Å². The Bertz CT molecular complexity index is 469. The topological polar surface area (TPSA) is 82.2 Å². The third-order valence-corrected chi connectivity index (χ3v) is 3.34. The molecule has 1 aliphatic carbocycles. The summed E-state index contributed by atoms with van der Waals surface area (Å²) in [5.41, 5.74) is 0.0887. The smallest absolute Gasteiger partial charge is 0.251 e. The van der Waals surface area contributed by atoms with Gasteiger partial charge in [-0.2, -0.15) is 0 Å². The standard InChI is InChI=1S/C13H18N2O3/c16-11-3-1-2-9(6-11)8-15-13(18)10-4-5-14-12(17)7-10/h4-5,7,9,11,16H,1-3,6,8H2,(H,14,17)(H,15,18). The van der Waals surface area contributed by atoms with Gasteiger partial charge in [-0.15, -0.1) is 0 Å². The molecule has 1 saturated carbocycles. The molecule has 3 N–H and O–H groups in total. The first-order chi connectivity index (χ1) is 8.65. The van der Waals surface area contributed by atoms with Crippen molar-refractivity contribution in [2.24, 2.45) is 5.92 Å². The number of hydrogen-bond acceptors (Lipinski definition) is 3. The average Bonchev–Trinajstić information content (AvgIpc) is 2.36. The van der Waals surface area contributed by atoms with Crippen molar-refractivity contribution >= 4 is 5.91 Å². The average molecular weight is 250 g/mol. The molecule has 0 aromatic carbocycles. The first-order valence-corrected chi connectivity index (χ1v) is 6.30. The minimum Gasteiger partial charge on any atom is -0.393 e. The second kappa shape index (κ2) is 5.82. The SMILES string of the molecule is O=C(NCC1CCCC(O)C1)c1cc[nH]c(=O)c1. The monoisotopic (exact) mass is 250 g/mol. The fraction of sp³-hybridized carbons (Fsp3) is 0.538. The third-order valence-electron chi connectivity index (χ3n) is 3.34. The number of rotatable bonds is 3. The number of carbonyl (C=O) groups excluding carboxylic acids is 1. The van der Waals surface area contributed by atoms with E-state index in [4.69, 9.17) is 0 Å². The van der Waals surface area contributed by atoms with Gasteiger partial charge in [0, 0.05) is 24.4 Å². The van der Waals surface area contributed by atoms with Crippen LogP contribution in [0.1, 0.15) is 36.0 Å². The Balaban J connectivity index is 1.86. The van der Waals surface area contributed by atoms with E-state index in [1.54, 1.807) is 6.07 Å². The van der Waals surface area contributed by atoms with Crippen LogP contribution in [0.2, 0.25) is 0 Å². The van der Waals surface area contributed by atoms with E-state index in [-0.39, 0.29) is 17.6 Å². The quantitative estimate of drug-likeness (QED) is 0.737. The number of nitrogens with one attached hydrogen (secondary N) is 2. The molecule has 0 spiro atoms. The summed E-state index contributed by atoms with van der Waals surface area (Å²) >= 11 is 0. The van der Waals surface area contributed by atoms with Gasteiger partial charge < -0.3 is 15.4 Å². The van der Waals surface area contributed by atoms with Gasteiger partial charge in [-0.25, -0.2) is 0 Å². The molecule has 1 heterocycles. The minimum absolute atomic E-state index is 0.235.